The molecule has 0 bridgehead atoms. The Hall–Kier alpha value is -1.06. The molecule has 0 aliphatic carbocycles. The number of methoxy groups -OCH3 is 1. The van der Waals surface area contributed by atoms with E-state index in [0.29, 0.717) is 16.3 Å². The number of ketones is 1. The van der Waals surface area contributed by atoms with Crippen LogP contribution in [-0.2, 0) is 0 Å². The number of carbonyl (C=O) groups excluding carboxylic acids is 1. The molecule has 1 atom stereocenters. The van der Waals surface area contributed by atoms with Crippen LogP contribution in [0.15, 0.2) is 18.2 Å². The second-order valence-corrected chi connectivity index (χ2v) is 5.17. The van der Waals surface area contributed by atoms with Gasteiger partial charge in [-0.2, -0.15) is 0 Å². The molecule has 1 N–H and O–H groups in total. The van der Waals surface area contributed by atoms with Crippen molar-refractivity contribution in [1.29, 1.82) is 0 Å². The van der Waals surface area contributed by atoms with E-state index >= 15 is 0 Å². The third-order valence-electron chi connectivity index (χ3n) is 3.81. The van der Waals surface area contributed by atoms with Crippen LogP contribution >= 0.6 is 11.6 Å². The minimum atomic E-state index is -0.308. The van der Waals surface area contributed by atoms with Crippen LogP contribution in [0, 0.1) is 5.41 Å². The van der Waals surface area contributed by atoms with Crippen LogP contribution in [0.25, 0.3) is 0 Å². The molecule has 0 aromatic heterocycles. The van der Waals surface area contributed by atoms with Crippen molar-refractivity contribution in [3.63, 3.8) is 0 Å². The van der Waals surface area contributed by atoms with Crippen LogP contribution in [0.3, 0.4) is 0 Å². The Labute approximate surface area is 112 Å². The maximum Gasteiger partial charge on any atom is 0.174 e. The van der Waals surface area contributed by atoms with E-state index in [-0.39, 0.29) is 11.2 Å². The molecule has 1 aliphatic heterocycles. The number of hydrogen-bond donors (Lipinski definition) is 1. The lowest BCUT2D eigenvalue weighted by Gasteiger charge is -2.25. The maximum absolute atomic E-state index is 12.8. The molecule has 1 saturated heterocycles. The second-order valence-electron chi connectivity index (χ2n) is 4.73. The van der Waals surface area contributed by atoms with E-state index in [2.05, 4.69) is 12.2 Å². The largest absolute Gasteiger partial charge is 0.496 e. The first-order chi connectivity index (χ1) is 8.63. The number of ether oxygens (including phenoxy) is 1. The normalized spacial score (nSPS) is 23.1. The third-order valence-corrected chi connectivity index (χ3v) is 4.04. The minimum absolute atomic E-state index is 0.134. The van der Waals surface area contributed by atoms with E-state index < -0.39 is 0 Å². The highest BCUT2D eigenvalue weighted by Gasteiger charge is 2.40. The molecule has 0 radical (unpaired) electrons. The van der Waals surface area contributed by atoms with Crippen LogP contribution in [0.4, 0.5) is 0 Å². The summed E-state index contributed by atoms with van der Waals surface area (Å²) in [4.78, 5) is 12.8. The molecule has 0 saturated carbocycles. The zero-order chi connectivity index (χ0) is 13.2. The first kappa shape index (κ1) is 13.4. The van der Waals surface area contributed by atoms with E-state index in [0.717, 1.165) is 25.9 Å². The summed E-state index contributed by atoms with van der Waals surface area (Å²) in [5.74, 6) is 0.735. The lowest BCUT2D eigenvalue weighted by Crippen LogP contribution is -2.33. The SMILES string of the molecule is CCC1(C(=O)c2cc(Cl)ccc2OC)CCNC1. The quantitative estimate of drug-likeness (QED) is 0.853. The average molecular weight is 268 g/mol. The van der Waals surface area contributed by atoms with Gasteiger partial charge in [0.1, 0.15) is 5.75 Å². The smallest absolute Gasteiger partial charge is 0.174 e. The van der Waals surface area contributed by atoms with Crippen molar-refractivity contribution in [2.75, 3.05) is 20.2 Å². The van der Waals surface area contributed by atoms with Crippen molar-refractivity contribution in [2.24, 2.45) is 5.41 Å². The van der Waals surface area contributed by atoms with E-state index in [1.54, 1.807) is 25.3 Å². The van der Waals surface area contributed by atoms with Crippen LogP contribution in [-0.4, -0.2) is 26.0 Å². The first-order valence-corrected chi connectivity index (χ1v) is 6.60. The van der Waals surface area contributed by atoms with E-state index in [1.165, 1.54) is 0 Å². The Morgan fingerprint density at radius 2 is 2.33 bits per heavy atom. The molecule has 1 heterocycles. The molecule has 2 rings (SSSR count). The molecular formula is C14H18ClNO2. The highest BCUT2D eigenvalue weighted by Crippen LogP contribution is 2.36. The monoisotopic (exact) mass is 267 g/mol. The van der Waals surface area contributed by atoms with Gasteiger partial charge in [0.25, 0.3) is 0 Å². The van der Waals surface area contributed by atoms with Crippen molar-refractivity contribution in [1.82, 2.24) is 5.32 Å². The second kappa shape index (κ2) is 5.29. The molecule has 0 amide bonds. The number of rotatable bonds is 4. The van der Waals surface area contributed by atoms with E-state index in [9.17, 15) is 4.79 Å². The maximum atomic E-state index is 12.8. The lowest BCUT2D eigenvalue weighted by molar-refractivity contribution is 0.0807. The summed E-state index contributed by atoms with van der Waals surface area (Å²) in [7, 11) is 1.57. The van der Waals surface area contributed by atoms with Crippen molar-refractivity contribution in [3.8, 4) is 5.75 Å². The van der Waals surface area contributed by atoms with Gasteiger partial charge in [-0.3, -0.25) is 4.79 Å². The molecular weight excluding hydrogens is 250 g/mol. The average Bonchev–Trinajstić information content (AvgIpc) is 2.87. The lowest BCUT2D eigenvalue weighted by atomic mass is 9.77. The Morgan fingerprint density at radius 1 is 1.56 bits per heavy atom. The van der Waals surface area contributed by atoms with Gasteiger partial charge in [0.05, 0.1) is 12.7 Å². The van der Waals surface area contributed by atoms with Crippen molar-refractivity contribution in [2.45, 2.75) is 19.8 Å². The molecule has 1 aromatic carbocycles. The van der Waals surface area contributed by atoms with Crippen LogP contribution in [0.1, 0.15) is 30.1 Å². The summed E-state index contributed by atoms with van der Waals surface area (Å²) in [6.45, 7) is 3.68. The summed E-state index contributed by atoms with van der Waals surface area (Å²) in [5.41, 5.74) is 0.286. The van der Waals surface area contributed by atoms with Crippen LogP contribution in [0.5, 0.6) is 5.75 Å². The van der Waals surface area contributed by atoms with E-state index in [4.69, 9.17) is 16.3 Å². The highest BCUT2D eigenvalue weighted by molar-refractivity contribution is 6.31. The number of hydrogen-bond acceptors (Lipinski definition) is 3. The predicted octanol–water partition coefficient (Wildman–Crippen LogP) is 2.92. The minimum Gasteiger partial charge on any atom is -0.496 e. The van der Waals surface area contributed by atoms with Crippen LogP contribution in [0.2, 0.25) is 5.02 Å². The van der Waals surface area contributed by atoms with Gasteiger partial charge in [-0.1, -0.05) is 18.5 Å². The molecule has 4 heteroatoms. The zero-order valence-electron chi connectivity index (χ0n) is 10.8. The summed E-state index contributed by atoms with van der Waals surface area (Å²) in [6.07, 6.45) is 1.70. The molecule has 1 unspecified atom stereocenters. The van der Waals surface area contributed by atoms with Crippen molar-refractivity contribution >= 4 is 17.4 Å². The Kier molecular flexibility index (Phi) is 3.93. The van der Waals surface area contributed by atoms with Gasteiger partial charge in [0.15, 0.2) is 5.78 Å². The number of Topliss-reactive ketones (excluding diaryl/α,β-unsaturated/α-hetero) is 1. The molecule has 1 aliphatic rings. The fourth-order valence-corrected chi connectivity index (χ4v) is 2.72. The topological polar surface area (TPSA) is 38.3 Å². The van der Waals surface area contributed by atoms with Gasteiger partial charge < -0.3 is 10.1 Å². The molecule has 18 heavy (non-hydrogen) atoms. The Morgan fingerprint density at radius 3 is 2.89 bits per heavy atom. The summed E-state index contributed by atoms with van der Waals surface area (Å²) in [6, 6.07) is 5.20. The van der Waals surface area contributed by atoms with Gasteiger partial charge >= 0.3 is 0 Å². The summed E-state index contributed by atoms with van der Waals surface area (Å²) < 4.78 is 5.27. The Balaban J connectivity index is 2.41. The van der Waals surface area contributed by atoms with Crippen LogP contribution < -0.4 is 10.1 Å². The zero-order valence-corrected chi connectivity index (χ0v) is 11.5. The molecule has 1 aromatic rings. The number of halogens is 1. The highest BCUT2D eigenvalue weighted by atomic mass is 35.5. The molecule has 0 spiro atoms. The molecule has 1 fully saturated rings. The summed E-state index contributed by atoms with van der Waals surface area (Å²) in [5, 5.41) is 3.84. The molecule has 98 valence electrons. The van der Waals surface area contributed by atoms with Gasteiger partial charge in [0.2, 0.25) is 0 Å². The van der Waals surface area contributed by atoms with Gasteiger partial charge in [-0.05, 0) is 37.6 Å². The van der Waals surface area contributed by atoms with Crippen molar-refractivity contribution < 1.29 is 9.53 Å². The van der Waals surface area contributed by atoms with Crippen molar-refractivity contribution in [3.05, 3.63) is 28.8 Å². The van der Waals surface area contributed by atoms with Gasteiger partial charge in [-0.15, -0.1) is 0 Å². The van der Waals surface area contributed by atoms with E-state index in [1.807, 2.05) is 0 Å². The third kappa shape index (κ3) is 2.25. The first-order valence-electron chi connectivity index (χ1n) is 6.22. The fraction of sp³-hybridized carbons (Fsp3) is 0.500. The fourth-order valence-electron chi connectivity index (χ4n) is 2.54. The van der Waals surface area contributed by atoms with Gasteiger partial charge in [0, 0.05) is 17.0 Å². The molecule has 3 nitrogen and oxygen atoms in total. The number of carbonyl (C=O) groups is 1. The number of benzene rings is 1. The summed E-state index contributed by atoms with van der Waals surface area (Å²) >= 11 is 5.99. The standard InChI is InChI=1S/C14H18ClNO2/c1-3-14(6-7-16-9-14)13(17)11-8-10(15)4-5-12(11)18-2/h4-5,8,16H,3,6-7,9H2,1-2H3. The van der Waals surface area contributed by atoms with Gasteiger partial charge in [-0.25, -0.2) is 0 Å². The number of nitrogens with one attached hydrogen (secondary N) is 1. The predicted molar refractivity (Wildman–Crippen MR) is 72.5 cm³/mol. The Bertz CT molecular complexity index is 453.